The minimum absolute atomic E-state index is 0.0832. The van der Waals surface area contributed by atoms with E-state index in [1.54, 1.807) is 38.1 Å². The highest BCUT2D eigenvalue weighted by Crippen LogP contribution is 2.39. The van der Waals surface area contributed by atoms with Crippen molar-refractivity contribution in [3.63, 3.8) is 0 Å². The van der Waals surface area contributed by atoms with E-state index in [0.717, 1.165) is 0 Å². The van der Waals surface area contributed by atoms with Crippen LogP contribution in [0.2, 0.25) is 10.0 Å². The van der Waals surface area contributed by atoms with Crippen molar-refractivity contribution in [1.82, 2.24) is 0 Å². The fourth-order valence-electron chi connectivity index (χ4n) is 3.88. The van der Waals surface area contributed by atoms with Gasteiger partial charge in [0.05, 0.1) is 19.8 Å². The standard InChI is InChI=1S/C22H30Cl2O6/c1-6-10-22(25,18-13-28-21(4,5)30-18)19(17-12-27-20(2,3)29-17)26-11-14-15(23)8-7-9-16(14)24/h6-9,17-19,25H,1,10-13H2,2-5H3/t17-,18-,19-,22-/m1/s1. The second-order valence-corrected chi connectivity index (χ2v) is 9.41. The molecule has 0 spiro atoms. The van der Waals surface area contributed by atoms with Crippen molar-refractivity contribution < 1.29 is 28.8 Å². The summed E-state index contributed by atoms with van der Waals surface area (Å²) in [5.41, 5.74) is -0.841. The average Bonchev–Trinajstić information content (AvgIpc) is 3.19. The molecule has 2 fully saturated rings. The van der Waals surface area contributed by atoms with Gasteiger partial charge in [0.25, 0.3) is 0 Å². The first-order valence-corrected chi connectivity index (χ1v) is 10.7. The van der Waals surface area contributed by atoms with Gasteiger partial charge in [-0.05, 0) is 46.2 Å². The summed E-state index contributed by atoms with van der Waals surface area (Å²) in [4.78, 5) is 0. The Bertz CT molecular complexity index is 748. The minimum Gasteiger partial charge on any atom is -0.384 e. The summed E-state index contributed by atoms with van der Waals surface area (Å²) < 4.78 is 29.8. The molecule has 2 saturated heterocycles. The van der Waals surface area contributed by atoms with Crippen LogP contribution in [0.3, 0.4) is 0 Å². The summed E-state index contributed by atoms with van der Waals surface area (Å²) in [6, 6.07) is 5.25. The molecule has 0 aliphatic carbocycles. The maximum atomic E-state index is 11.8. The van der Waals surface area contributed by atoms with Crippen LogP contribution >= 0.6 is 23.2 Å². The fourth-order valence-corrected chi connectivity index (χ4v) is 4.38. The molecule has 1 aromatic rings. The Hall–Kier alpha value is -0.700. The number of halogens is 2. The molecule has 168 valence electrons. The van der Waals surface area contributed by atoms with Crippen LogP contribution < -0.4 is 0 Å². The number of hydrogen-bond donors (Lipinski definition) is 1. The third-order valence-corrected chi connectivity index (χ3v) is 6.08. The maximum Gasteiger partial charge on any atom is 0.163 e. The van der Waals surface area contributed by atoms with Crippen LogP contribution in [-0.2, 0) is 30.3 Å². The lowest BCUT2D eigenvalue weighted by molar-refractivity contribution is -0.232. The second kappa shape index (κ2) is 9.04. The van der Waals surface area contributed by atoms with Crippen molar-refractivity contribution >= 4 is 23.2 Å². The molecule has 3 rings (SSSR count). The zero-order valence-electron chi connectivity index (χ0n) is 17.8. The molecule has 2 aliphatic rings. The van der Waals surface area contributed by atoms with E-state index in [-0.39, 0.29) is 26.2 Å². The number of aliphatic hydroxyl groups is 1. The Morgan fingerprint density at radius 3 is 2.27 bits per heavy atom. The van der Waals surface area contributed by atoms with Crippen LogP contribution in [-0.4, -0.2) is 53.8 Å². The Morgan fingerprint density at radius 2 is 1.77 bits per heavy atom. The van der Waals surface area contributed by atoms with Crippen LogP contribution in [0.25, 0.3) is 0 Å². The topological polar surface area (TPSA) is 66.4 Å². The number of hydrogen-bond acceptors (Lipinski definition) is 6. The van der Waals surface area contributed by atoms with E-state index in [2.05, 4.69) is 6.58 Å². The summed E-state index contributed by atoms with van der Waals surface area (Å²) in [7, 11) is 0. The fraction of sp³-hybridized carbons (Fsp3) is 0.636. The zero-order valence-corrected chi connectivity index (χ0v) is 19.3. The summed E-state index contributed by atoms with van der Waals surface area (Å²) in [5.74, 6) is -1.61. The van der Waals surface area contributed by atoms with Crippen LogP contribution in [0.15, 0.2) is 30.9 Å². The van der Waals surface area contributed by atoms with E-state index in [4.69, 9.17) is 46.9 Å². The van der Waals surface area contributed by atoms with Crippen molar-refractivity contribution in [2.45, 2.75) is 76.2 Å². The van der Waals surface area contributed by atoms with Crippen molar-refractivity contribution in [3.8, 4) is 0 Å². The molecular formula is C22H30Cl2O6. The van der Waals surface area contributed by atoms with Crippen LogP contribution in [0.4, 0.5) is 0 Å². The van der Waals surface area contributed by atoms with Gasteiger partial charge in [-0.25, -0.2) is 0 Å². The van der Waals surface area contributed by atoms with E-state index in [1.165, 1.54) is 0 Å². The molecule has 6 nitrogen and oxygen atoms in total. The Morgan fingerprint density at radius 1 is 1.17 bits per heavy atom. The van der Waals surface area contributed by atoms with Gasteiger partial charge in [0.2, 0.25) is 0 Å². The molecule has 8 heteroatoms. The molecule has 0 aromatic heterocycles. The predicted molar refractivity (Wildman–Crippen MR) is 115 cm³/mol. The van der Waals surface area contributed by atoms with Gasteiger partial charge in [0.15, 0.2) is 11.6 Å². The second-order valence-electron chi connectivity index (χ2n) is 8.60. The minimum atomic E-state index is -1.47. The Kier molecular flexibility index (Phi) is 7.22. The van der Waals surface area contributed by atoms with Crippen LogP contribution in [0.5, 0.6) is 0 Å². The van der Waals surface area contributed by atoms with Crippen LogP contribution in [0, 0.1) is 0 Å². The lowest BCUT2D eigenvalue weighted by Gasteiger charge is -2.41. The van der Waals surface area contributed by atoms with Gasteiger partial charge in [-0.15, -0.1) is 6.58 Å². The van der Waals surface area contributed by atoms with Gasteiger partial charge in [0.1, 0.15) is 23.9 Å². The first-order chi connectivity index (χ1) is 14.0. The maximum absolute atomic E-state index is 11.8. The third kappa shape index (κ3) is 5.19. The summed E-state index contributed by atoms with van der Waals surface area (Å²) in [6.45, 7) is 11.6. The first kappa shape index (κ1) is 24.0. The molecule has 0 amide bonds. The number of ether oxygens (including phenoxy) is 5. The Balaban J connectivity index is 1.91. The van der Waals surface area contributed by atoms with E-state index in [9.17, 15) is 5.11 Å². The molecule has 0 radical (unpaired) electrons. The van der Waals surface area contributed by atoms with Crippen molar-refractivity contribution in [1.29, 1.82) is 0 Å². The van der Waals surface area contributed by atoms with Gasteiger partial charge >= 0.3 is 0 Å². The first-order valence-electron chi connectivity index (χ1n) is 9.99. The van der Waals surface area contributed by atoms with E-state index in [0.29, 0.717) is 15.6 Å². The quantitative estimate of drug-likeness (QED) is 0.576. The molecule has 0 bridgehead atoms. The smallest absolute Gasteiger partial charge is 0.163 e. The normalized spacial score (nSPS) is 28.2. The molecule has 1 aromatic carbocycles. The SMILES string of the molecule is C=CC[C@](O)([C@H](OCc1c(Cl)cccc1Cl)[C@H]1COC(C)(C)O1)[C@H]1COC(C)(C)O1. The molecule has 0 saturated carbocycles. The summed E-state index contributed by atoms with van der Waals surface area (Å²) in [5, 5.41) is 12.8. The van der Waals surface area contributed by atoms with E-state index >= 15 is 0 Å². The van der Waals surface area contributed by atoms with Gasteiger partial charge in [-0.2, -0.15) is 0 Å². The molecule has 2 aliphatic heterocycles. The van der Waals surface area contributed by atoms with Crippen molar-refractivity contribution in [3.05, 3.63) is 46.5 Å². The van der Waals surface area contributed by atoms with Gasteiger partial charge in [-0.1, -0.05) is 35.3 Å². The van der Waals surface area contributed by atoms with E-state index < -0.39 is 35.5 Å². The average molecular weight is 461 g/mol. The monoisotopic (exact) mass is 460 g/mol. The van der Waals surface area contributed by atoms with Crippen molar-refractivity contribution in [2.75, 3.05) is 13.2 Å². The molecule has 0 unspecified atom stereocenters. The molecule has 30 heavy (non-hydrogen) atoms. The summed E-state index contributed by atoms with van der Waals surface area (Å²) >= 11 is 12.6. The lowest BCUT2D eigenvalue weighted by atomic mass is 9.84. The van der Waals surface area contributed by atoms with Crippen LogP contribution in [0.1, 0.15) is 39.7 Å². The highest BCUT2D eigenvalue weighted by molar-refractivity contribution is 6.35. The highest BCUT2D eigenvalue weighted by Gasteiger charge is 2.55. The lowest BCUT2D eigenvalue weighted by Crippen LogP contribution is -2.59. The van der Waals surface area contributed by atoms with Gasteiger partial charge < -0.3 is 28.8 Å². The molecule has 2 heterocycles. The third-order valence-electron chi connectivity index (χ3n) is 5.37. The molecule has 1 N–H and O–H groups in total. The zero-order chi connectivity index (χ0) is 22.2. The van der Waals surface area contributed by atoms with Crippen molar-refractivity contribution in [2.24, 2.45) is 0 Å². The molecular weight excluding hydrogens is 431 g/mol. The summed E-state index contributed by atoms with van der Waals surface area (Å²) in [6.07, 6.45) is -0.164. The number of rotatable bonds is 8. The predicted octanol–water partition coefficient (Wildman–Crippen LogP) is 4.49. The van der Waals surface area contributed by atoms with Gasteiger partial charge in [0, 0.05) is 15.6 Å². The highest BCUT2D eigenvalue weighted by atomic mass is 35.5. The van der Waals surface area contributed by atoms with Gasteiger partial charge in [-0.3, -0.25) is 0 Å². The Labute approximate surface area is 188 Å². The van der Waals surface area contributed by atoms with E-state index in [1.807, 2.05) is 13.8 Å². The molecule has 4 atom stereocenters. The number of benzene rings is 1. The largest absolute Gasteiger partial charge is 0.384 e.